The lowest BCUT2D eigenvalue weighted by Crippen LogP contribution is -2.23. The van der Waals surface area contributed by atoms with Crippen molar-refractivity contribution in [1.82, 2.24) is 14.5 Å². The molecule has 0 spiro atoms. The van der Waals surface area contributed by atoms with Crippen molar-refractivity contribution >= 4 is 22.2 Å². The van der Waals surface area contributed by atoms with Crippen LogP contribution in [0.2, 0.25) is 0 Å². The molecule has 0 amide bonds. The second-order valence-corrected chi connectivity index (χ2v) is 7.15. The molecule has 1 unspecified atom stereocenters. The minimum Gasteiger partial charge on any atom is -0.342 e. The van der Waals surface area contributed by atoms with Gasteiger partial charge in [0.15, 0.2) is 0 Å². The highest BCUT2D eigenvalue weighted by Gasteiger charge is 2.24. The van der Waals surface area contributed by atoms with Gasteiger partial charge in [-0.2, -0.15) is 10.2 Å². The molecule has 24 heavy (non-hydrogen) atoms. The van der Waals surface area contributed by atoms with Gasteiger partial charge in [-0.05, 0) is 36.4 Å². The molecule has 6 heteroatoms. The molecule has 1 aliphatic heterocycles. The van der Waals surface area contributed by atoms with E-state index in [0.717, 1.165) is 19.6 Å². The largest absolute Gasteiger partial charge is 0.342 e. The van der Waals surface area contributed by atoms with E-state index in [1.165, 1.54) is 34.2 Å². The maximum atomic E-state index is 4.48. The molecular weight excluding hydrogens is 318 g/mol. The second kappa shape index (κ2) is 6.83. The van der Waals surface area contributed by atoms with Gasteiger partial charge in [0.25, 0.3) is 0 Å². The number of fused-ring (bicyclic) bond motifs is 1. The molecule has 0 aliphatic carbocycles. The zero-order valence-corrected chi connectivity index (χ0v) is 14.6. The number of pyridine rings is 1. The average Bonchev–Trinajstić information content (AvgIpc) is 3.35. The number of likely N-dealkylation sites (tertiary alicyclic amines) is 1. The monoisotopic (exact) mass is 339 g/mol. The van der Waals surface area contributed by atoms with E-state index < -0.39 is 0 Å². The van der Waals surface area contributed by atoms with E-state index in [0.29, 0.717) is 0 Å². The van der Waals surface area contributed by atoms with E-state index in [2.05, 4.69) is 54.5 Å². The first kappa shape index (κ1) is 15.5. The minimum absolute atomic E-state index is 0.0770. The molecule has 0 aromatic carbocycles. The van der Waals surface area contributed by atoms with Crippen LogP contribution in [0.4, 0.5) is 0 Å². The number of nitrogens with zero attached hydrogens (tertiary/aromatic N) is 5. The van der Waals surface area contributed by atoms with Gasteiger partial charge in [-0.25, -0.2) is 0 Å². The van der Waals surface area contributed by atoms with Crippen molar-refractivity contribution in [1.29, 1.82) is 0 Å². The number of hydrogen-bond acceptors (Lipinski definition) is 5. The van der Waals surface area contributed by atoms with Crippen LogP contribution < -0.4 is 0 Å². The first-order chi connectivity index (χ1) is 11.8. The molecule has 1 saturated heterocycles. The van der Waals surface area contributed by atoms with Crippen LogP contribution in [-0.2, 0) is 6.54 Å². The number of aromatic nitrogens is 2. The highest BCUT2D eigenvalue weighted by Crippen LogP contribution is 2.30. The Labute approximate surface area is 145 Å². The Bertz CT molecular complexity index is 844. The van der Waals surface area contributed by atoms with Crippen molar-refractivity contribution in [2.24, 2.45) is 10.2 Å². The van der Waals surface area contributed by atoms with Crippen LogP contribution in [0.3, 0.4) is 0 Å². The predicted octanol–water partition coefficient (Wildman–Crippen LogP) is 4.32. The van der Waals surface area contributed by atoms with Crippen LogP contribution in [0.5, 0.6) is 0 Å². The molecular formula is C18H21N5S. The van der Waals surface area contributed by atoms with Crippen molar-refractivity contribution in [2.75, 3.05) is 20.1 Å². The molecule has 0 radical (unpaired) electrons. The van der Waals surface area contributed by atoms with Gasteiger partial charge in [0.05, 0.1) is 12.1 Å². The molecule has 0 saturated carbocycles. The van der Waals surface area contributed by atoms with Gasteiger partial charge in [-0.3, -0.25) is 9.88 Å². The summed E-state index contributed by atoms with van der Waals surface area (Å²) in [7, 11) is 1.76. The quantitative estimate of drug-likeness (QED) is 0.650. The maximum absolute atomic E-state index is 4.48. The highest BCUT2D eigenvalue weighted by molar-refractivity contribution is 7.10. The van der Waals surface area contributed by atoms with Crippen LogP contribution in [0.15, 0.2) is 52.4 Å². The standard InChI is InChI=1S/C18H21N5S/c1-19-21-18(22-7-2-3-8-22)15-10-16(24-13-15)12-23-9-5-14-11-20-6-4-17(14)23/h4-6,9-11,13,18H,2-3,7-8,12H2,1H3. The fourth-order valence-corrected chi connectivity index (χ4v) is 4.30. The lowest BCUT2D eigenvalue weighted by Gasteiger charge is -2.21. The lowest BCUT2D eigenvalue weighted by atomic mass is 10.2. The summed E-state index contributed by atoms with van der Waals surface area (Å²) in [4.78, 5) is 7.95. The molecule has 1 fully saturated rings. The summed E-state index contributed by atoms with van der Waals surface area (Å²) in [5.74, 6) is 0. The van der Waals surface area contributed by atoms with Crippen LogP contribution in [0.25, 0.3) is 10.9 Å². The molecule has 1 atom stereocenters. The molecule has 4 heterocycles. The number of rotatable bonds is 5. The van der Waals surface area contributed by atoms with Crippen molar-refractivity contribution < 1.29 is 0 Å². The fraction of sp³-hybridized carbons (Fsp3) is 0.389. The van der Waals surface area contributed by atoms with E-state index in [-0.39, 0.29) is 6.17 Å². The van der Waals surface area contributed by atoms with E-state index in [1.54, 1.807) is 18.4 Å². The van der Waals surface area contributed by atoms with Crippen molar-refractivity contribution in [3.8, 4) is 0 Å². The van der Waals surface area contributed by atoms with Gasteiger partial charge < -0.3 is 4.57 Å². The average molecular weight is 339 g/mol. The summed E-state index contributed by atoms with van der Waals surface area (Å²) in [5, 5.41) is 12.0. The smallest absolute Gasteiger partial charge is 0.149 e. The minimum atomic E-state index is 0.0770. The topological polar surface area (TPSA) is 45.8 Å². The van der Waals surface area contributed by atoms with E-state index >= 15 is 0 Å². The summed E-state index contributed by atoms with van der Waals surface area (Å²) >= 11 is 1.80. The summed E-state index contributed by atoms with van der Waals surface area (Å²) in [6.45, 7) is 3.11. The van der Waals surface area contributed by atoms with Crippen LogP contribution >= 0.6 is 11.3 Å². The van der Waals surface area contributed by atoms with E-state index in [4.69, 9.17) is 0 Å². The fourth-order valence-electron chi connectivity index (χ4n) is 3.41. The molecule has 5 nitrogen and oxygen atoms in total. The zero-order chi connectivity index (χ0) is 16.4. The summed E-state index contributed by atoms with van der Waals surface area (Å²) in [6, 6.07) is 6.48. The molecule has 124 valence electrons. The molecule has 0 bridgehead atoms. The van der Waals surface area contributed by atoms with Gasteiger partial charge in [0, 0.05) is 54.6 Å². The van der Waals surface area contributed by atoms with Crippen molar-refractivity contribution in [3.05, 3.63) is 52.6 Å². The van der Waals surface area contributed by atoms with Crippen molar-refractivity contribution in [3.63, 3.8) is 0 Å². The van der Waals surface area contributed by atoms with Crippen LogP contribution in [-0.4, -0.2) is 34.6 Å². The first-order valence-electron chi connectivity index (χ1n) is 8.34. The Hall–Kier alpha value is -2.05. The van der Waals surface area contributed by atoms with Crippen LogP contribution in [0, 0.1) is 0 Å². The van der Waals surface area contributed by atoms with Gasteiger partial charge in [0.2, 0.25) is 0 Å². The Morgan fingerprint density at radius 3 is 3.00 bits per heavy atom. The molecule has 3 aromatic heterocycles. The van der Waals surface area contributed by atoms with E-state index in [9.17, 15) is 0 Å². The third kappa shape index (κ3) is 2.99. The van der Waals surface area contributed by atoms with E-state index in [1.807, 2.05) is 12.4 Å². The van der Waals surface area contributed by atoms with Gasteiger partial charge in [-0.1, -0.05) is 0 Å². The van der Waals surface area contributed by atoms with Gasteiger partial charge in [-0.15, -0.1) is 11.3 Å². The molecule has 3 aromatic rings. The Morgan fingerprint density at radius 2 is 2.17 bits per heavy atom. The maximum Gasteiger partial charge on any atom is 0.149 e. The SMILES string of the molecule is CN=NC(c1csc(Cn2ccc3cnccc32)c1)N1CCCC1. The normalized spacial score (nSPS) is 17.2. The predicted molar refractivity (Wildman–Crippen MR) is 97.5 cm³/mol. The summed E-state index contributed by atoms with van der Waals surface area (Å²) in [5.41, 5.74) is 2.49. The Balaban J connectivity index is 1.57. The number of hydrogen-bond donors (Lipinski definition) is 0. The molecule has 0 N–H and O–H groups in total. The Morgan fingerprint density at radius 1 is 1.29 bits per heavy atom. The van der Waals surface area contributed by atoms with Gasteiger partial charge >= 0.3 is 0 Å². The Kier molecular flexibility index (Phi) is 4.40. The molecule has 4 rings (SSSR count). The molecule has 1 aliphatic rings. The number of azo groups is 1. The lowest BCUT2D eigenvalue weighted by molar-refractivity contribution is 0.245. The second-order valence-electron chi connectivity index (χ2n) is 6.16. The van der Waals surface area contributed by atoms with Crippen LogP contribution in [0.1, 0.15) is 29.4 Å². The third-order valence-corrected chi connectivity index (χ3v) is 5.52. The van der Waals surface area contributed by atoms with Crippen molar-refractivity contribution in [2.45, 2.75) is 25.6 Å². The summed E-state index contributed by atoms with van der Waals surface area (Å²) < 4.78 is 2.28. The first-order valence-corrected chi connectivity index (χ1v) is 9.22. The third-order valence-electron chi connectivity index (χ3n) is 4.58. The highest BCUT2D eigenvalue weighted by atomic mass is 32.1. The summed E-state index contributed by atoms with van der Waals surface area (Å²) in [6.07, 6.45) is 8.50. The zero-order valence-electron chi connectivity index (χ0n) is 13.8. The number of thiophene rings is 1. The van der Waals surface area contributed by atoms with Gasteiger partial charge in [0.1, 0.15) is 6.17 Å².